The molecule has 5 nitrogen and oxygen atoms in total. The van der Waals surface area contributed by atoms with Gasteiger partial charge in [0.1, 0.15) is 17.0 Å². The van der Waals surface area contributed by atoms with Gasteiger partial charge in [0.15, 0.2) is 0 Å². The maximum absolute atomic E-state index is 11.8. The molecule has 1 aromatic heterocycles. The number of nitrogens with one attached hydrogen (secondary N) is 1. The third-order valence-electron chi connectivity index (χ3n) is 2.38. The Morgan fingerprint density at radius 1 is 1.12 bits per heavy atom. The topological polar surface area (TPSA) is 79.4 Å². The minimum Gasteiger partial charge on any atom is -0.477 e. The summed E-state index contributed by atoms with van der Waals surface area (Å²) in [4.78, 5) is 25.3. The number of hydrogen-bond donors (Lipinski definition) is 2. The predicted molar refractivity (Wildman–Crippen MR) is 62.4 cm³/mol. The molecular formula is C12H17NO4. The number of carbonyl (C=O) groups is 2. The molecular weight excluding hydrogens is 222 g/mol. The second-order valence-corrected chi connectivity index (χ2v) is 4.93. The van der Waals surface area contributed by atoms with Crippen LogP contribution in [-0.2, 0) is 4.74 Å². The van der Waals surface area contributed by atoms with E-state index in [1.54, 1.807) is 34.6 Å². The fraction of sp³-hybridized carbons (Fsp3) is 0.500. The van der Waals surface area contributed by atoms with Gasteiger partial charge in [0, 0.05) is 0 Å². The SMILES string of the molecule is Cc1c(C(=O)O)[nH]c(C(=O)OC(C)(C)C)c1C. The maximum Gasteiger partial charge on any atom is 0.355 e. The lowest BCUT2D eigenvalue weighted by Crippen LogP contribution is -2.24. The van der Waals surface area contributed by atoms with E-state index in [1.165, 1.54) is 0 Å². The molecule has 94 valence electrons. The zero-order valence-electron chi connectivity index (χ0n) is 10.7. The molecule has 0 atom stereocenters. The minimum absolute atomic E-state index is 0.0309. The van der Waals surface area contributed by atoms with Crippen molar-refractivity contribution in [3.8, 4) is 0 Å². The Bertz CT molecular complexity index is 466. The minimum atomic E-state index is -1.08. The number of carboxylic acid groups (broad SMARTS) is 1. The third-order valence-corrected chi connectivity index (χ3v) is 2.38. The summed E-state index contributed by atoms with van der Waals surface area (Å²) < 4.78 is 5.19. The molecule has 0 aliphatic rings. The van der Waals surface area contributed by atoms with Crippen molar-refractivity contribution in [1.82, 2.24) is 4.98 Å². The molecule has 0 aliphatic heterocycles. The highest BCUT2D eigenvalue weighted by molar-refractivity contribution is 5.95. The van der Waals surface area contributed by atoms with Crippen molar-refractivity contribution >= 4 is 11.9 Å². The summed E-state index contributed by atoms with van der Waals surface area (Å²) >= 11 is 0. The van der Waals surface area contributed by atoms with Crippen molar-refractivity contribution in [2.45, 2.75) is 40.2 Å². The zero-order valence-corrected chi connectivity index (χ0v) is 10.7. The molecule has 0 radical (unpaired) electrons. The largest absolute Gasteiger partial charge is 0.477 e. The first kappa shape index (κ1) is 13.3. The van der Waals surface area contributed by atoms with Crippen LogP contribution >= 0.6 is 0 Å². The van der Waals surface area contributed by atoms with Gasteiger partial charge >= 0.3 is 11.9 Å². The summed E-state index contributed by atoms with van der Waals surface area (Å²) in [5, 5.41) is 8.93. The van der Waals surface area contributed by atoms with E-state index in [0.29, 0.717) is 11.1 Å². The van der Waals surface area contributed by atoms with Gasteiger partial charge in [-0.1, -0.05) is 0 Å². The van der Waals surface area contributed by atoms with Gasteiger partial charge in [-0.15, -0.1) is 0 Å². The lowest BCUT2D eigenvalue weighted by Gasteiger charge is -2.19. The molecule has 0 aromatic carbocycles. The van der Waals surface area contributed by atoms with Gasteiger partial charge in [-0.2, -0.15) is 0 Å². The van der Waals surface area contributed by atoms with E-state index in [0.717, 1.165) is 0 Å². The Hall–Kier alpha value is -1.78. The van der Waals surface area contributed by atoms with E-state index in [-0.39, 0.29) is 11.4 Å². The van der Waals surface area contributed by atoms with E-state index in [4.69, 9.17) is 9.84 Å². The molecule has 5 heteroatoms. The van der Waals surface area contributed by atoms with Gasteiger partial charge in [-0.05, 0) is 45.7 Å². The number of esters is 1. The monoisotopic (exact) mass is 239 g/mol. The summed E-state index contributed by atoms with van der Waals surface area (Å²) in [6.07, 6.45) is 0. The number of aromatic nitrogens is 1. The van der Waals surface area contributed by atoms with Gasteiger partial charge in [-0.25, -0.2) is 9.59 Å². The first-order valence-electron chi connectivity index (χ1n) is 5.29. The molecule has 0 bridgehead atoms. The Morgan fingerprint density at radius 3 is 1.94 bits per heavy atom. The van der Waals surface area contributed by atoms with Crippen LogP contribution in [0.4, 0.5) is 0 Å². The standard InChI is InChI=1S/C12H17NO4/c1-6-7(2)9(13-8(6)10(14)15)11(16)17-12(3,4)5/h13H,1-5H3,(H,14,15). The van der Waals surface area contributed by atoms with Gasteiger partial charge in [0.2, 0.25) is 0 Å². The third kappa shape index (κ3) is 2.87. The van der Waals surface area contributed by atoms with Crippen LogP contribution in [0.2, 0.25) is 0 Å². The van der Waals surface area contributed by atoms with E-state index >= 15 is 0 Å². The highest BCUT2D eigenvalue weighted by atomic mass is 16.6. The number of ether oxygens (including phenoxy) is 1. The Kier molecular flexibility index (Phi) is 3.31. The van der Waals surface area contributed by atoms with Crippen molar-refractivity contribution in [3.05, 3.63) is 22.5 Å². The molecule has 0 amide bonds. The average molecular weight is 239 g/mol. The van der Waals surface area contributed by atoms with Crippen molar-refractivity contribution < 1.29 is 19.4 Å². The first-order valence-corrected chi connectivity index (χ1v) is 5.29. The highest BCUT2D eigenvalue weighted by Crippen LogP contribution is 2.20. The Balaban J connectivity index is 3.12. The summed E-state index contributed by atoms with van der Waals surface area (Å²) in [5.74, 6) is -1.62. The molecule has 0 unspecified atom stereocenters. The number of aromatic amines is 1. The lowest BCUT2D eigenvalue weighted by atomic mass is 10.1. The number of carbonyl (C=O) groups excluding carboxylic acids is 1. The van der Waals surface area contributed by atoms with Crippen molar-refractivity contribution in [1.29, 1.82) is 0 Å². The fourth-order valence-corrected chi connectivity index (χ4v) is 1.43. The Morgan fingerprint density at radius 2 is 1.59 bits per heavy atom. The van der Waals surface area contributed by atoms with Gasteiger partial charge < -0.3 is 14.8 Å². The van der Waals surface area contributed by atoms with Crippen molar-refractivity contribution in [2.24, 2.45) is 0 Å². The molecule has 1 heterocycles. The van der Waals surface area contributed by atoms with Gasteiger partial charge in [0.25, 0.3) is 0 Å². The van der Waals surface area contributed by atoms with Crippen LogP contribution in [-0.4, -0.2) is 27.6 Å². The highest BCUT2D eigenvalue weighted by Gasteiger charge is 2.24. The summed E-state index contributed by atoms with van der Waals surface area (Å²) in [7, 11) is 0. The molecule has 0 fully saturated rings. The van der Waals surface area contributed by atoms with Crippen molar-refractivity contribution in [2.75, 3.05) is 0 Å². The molecule has 17 heavy (non-hydrogen) atoms. The molecule has 0 saturated heterocycles. The van der Waals surface area contributed by atoms with Crippen LogP contribution < -0.4 is 0 Å². The number of rotatable bonds is 2. The summed E-state index contributed by atoms with van der Waals surface area (Å²) in [6.45, 7) is 8.62. The molecule has 0 spiro atoms. The Labute approximate surface area is 99.8 Å². The smallest absolute Gasteiger partial charge is 0.355 e. The lowest BCUT2D eigenvalue weighted by molar-refractivity contribution is 0.00627. The number of H-pyrrole nitrogens is 1. The van der Waals surface area contributed by atoms with E-state index in [2.05, 4.69) is 4.98 Å². The van der Waals surface area contributed by atoms with Gasteiger partial charge in [-0.3, -0.25) is 0 Å². The fourth-order valence-electron chi connectivity index (χ4n) is 1.43. The number of carboxylic acids is 1. The summed E-state index contributed by atoms with van der Waals surface area (Å²) in [6, 6.07) is 0. The van der Waals surface area contributed by atoms with Gasteiger partial charge in [0.05, 0.1) is 0 Å². The number of aromatic carboxylic acids is 1. The van der Waals surface area contributed by atoms with E-state index < -0.39 is 17.5 Å². The molecule has 1 aromatic rings. The number of hydrogen-bond acceptors (Lipinski definition) is 3. The maximum atomic E-state index is 11.8. The van der Waals surface area contributed by atoms with E-state index in [1.807, 2.05) is 0 Å². The second-order valence-electron chi connectivity index (χ2n) is 4.93. The first-order chi connectivity index (χ1) is 7.63. The molecule has 2 N–H and O–H groups in total. The normalized spacial score (nSPS) is 11.4. The summed E-state index contributed by atoms with van der Waals surface area (Å²) in [5.41, 5.74) is 0.791. The zero-order chi connectivity index (χ0) is 13.4. The molecule has 0 saturated carbocycles. The van der Waals surface area contributed by atoms with E-state index in [9.17, 15) is 9.59 Å². The average Bonchev–Trinajstić information content (AvgIpc) is 2.41. The molecule has 1 rings (SSSR count). The van der Waals surface area contributed by atoms with Crippen LogP contribution in [0.15, 0.2) is 0 Å². The van der Waals surface area contributed by atoms with Crippen LogP contribution in [0.1, 0.15) is 52.9 Å². The van der Waals surface area contributed by atoms with Crippen LogP contribution in [0.3, 0.4) is 0 Å². The van der Waals surface area contributed by atoms with Crippen LogP contribution in [0, 0.1) is 13.8 Å². The van der Waals surface area contributed by atoms with Crippen molar-refractivity contribution in [3.63, 3.8) is 0 Å². The predicted octanol–water partition coefficient (Wildman–Crippen LogP) is 2.29. The van der Waals surface area contributed by atoms with Crippen LogP contribution in [0.5, 0.6) is 0 Å². The quantitative estimate of drug-likeness (QED) is 0.776. The molecule has 0 aliphatic carbocycles. The second kappa shape index (κ2) is 4.24. The van der Waals surface area contributed by atoms with Crippen LogP contribution in [0.25, 0.3) is 0 Å².